The number of carbonyl (C=O) groups is 1. The molecule has 0 radical (unpaired) electrons. The quantitative estimate of drug-likeness (QED) is 0.746. The molecule has 1 fully saturated rings. The molecule has 1 saturated heterocycles. The molecule has 3 heteroatoms. The fraction of sp³-hybridized carbons (Fsp3) is 0.500. The van der Waals surface area contributed by atoms with Gasteiger partial charge in [0, 0.05) is 18.8 Å². The van der Waals surface area contributed by atoms with Crippen LogP contribution in [0.2, 0.25) is 5.02 Å². The lowest BCUT2D eigenvalue weighted by molar-refractivity contribution is 0.112. The number of halogens is 1. The van der Waals surface area contributed by atoms with Crippen LogP contribution in [-0.2, 0) is 0 Å². The molecule has 92 valence electrons. The highest BCUT2D eigenvalue weighted by atomic mass is 35.5. The van der Waals surface area contributed by atoms with Gasteiger partial charge in [0.05, 0.1) is 10.6 Å². The highest BCUT2D eigenvalue weighted by Crippen LogP contribution is 2.34. The van der Waals surface area contributed by atoms with Crippen molar-refractivity contribution in [2.75, 3.05) is 18.0 Å². The Morgan fingerprint density at radius 2 is 2.18 bits per heavy atom. The first-order valence-corrected chi connectivity index (χ1v) is 6.40. The van der Waals surface area contributed by atoms with Crippen LogP contribution in [0.4, 0.5) is 5.69 Å². The van der Waals surface area contributed by atoms with E-state index < -0.39 is 0 Å². The first kappa shape index (κ1) is 12.4. The number of piperidine rings is 1. The van der Waals surface area contributed by atoms with Gasteiger partial charge in [-0.15, -0.1) is 0 Å². The standard InChI is InChI=1S/C14H18ClNO/c1-14(2)7-4-8-16(10-14)13-6-3-5-12(15)11(13)9-17/h3,5-6,9H,4,7-8,10H2,1-2H3. The van der Waals surface area contributed by atoms with Crippen molar-refractivity contribution < 1.29 is 4.79 Å². The monoisotopic (exact) mass is 251 g/mol. The Kier molecular flexibility index (Phi) is 3.43. The molecule has 1 aromatic rings. The summed E-state index contributed by atoms with van der Waals surface area (Å²) in [5.41, 5.74) is 1.90. The van der Waals surface area contributed by atoms with E-state index in [2.05, 4.69) is 18.7 Å². The van der Waals surface area contributed by atoms with Gasteiger partial charge in [-0.2, -0.15) is 0 Å². The summed E-state index contributed by atoms with van der Waals surface area (Å²) in [6.07, 6.45) is 3.26. The summed E-state index contributed by atoms with van der Waals surface area (Å²) in [4.78, 5) is 13.4. The Bertz CT molecular complexity index is 428. The molecule has 1 aromatic carbocycles. The zero-order valence-electron chi connectivity index (χ0n) is 10.4. The van der Waals surface area contributed by atoms with Crippen LogP contribution >= 0.6 is 11.6 Å². The zero-order chi connectivity index (χ0) is 12.5. The van der Waals surface area contributed by atoms with E-state index in [1.54, 1.807) is 6.07 Å². The van der Waals surface area contributed by atoms with Crippen molar-refractivity contribution in [1.29, 1.82) is 0 Å². The Labute approximate surface area is 108 Å². The average molecular weight is 252 g/mol. The molecule has 0 amide bonds. The van der Waals surface area contributed by atoms with E-state index in [-0.39, 0.29) is 0 Å². The maximum Gasteiger partial charge on any atom is 0.153 e. The summed E-state index contributed by atoms with van der Waals surface area (Å²) in [5.74, 6) is 0. The summed E-state index contributed by atoms with van der Waals surface area (Å²) in [7, 11) is 0. The SMILES string of the molecule is CC1(C)CCCN(c2cccc(Cl)c2C=O)C1. The van der Waals surface area contributed by atoms with E-state index in [0.29, 0.717) is 16.0 Å². The van der Waals surface area contributed by atoms with Gasteiger partial charge in [-0.1, -0.05) is 31.5 Å². The minimum Gasteiger partial charge on any atom is -0.370 e. The average Bonchev–Trinajstić information content (AvgIpc) is 2.27. The van der Waals surface area contributed by atoms with Crippen LogP contribution in [0.5, 0.6) is 0 Å². The predicted molar refractivity (Wildman–Crippen MR) is 72.1 cm³/mol. The Hall–Kier alpha value is -1.02. The lowest BCUT2D eigenvalue weighted by Gasteiger charge is -2.40. The smallest absolute Gasteiger partial charge is 0.153 e. The van der Waals surface area contributed by atoms with Gasteiger partial charge in [0.2, 0.25) is 0 Å². The minimum absolute atomic E-state index is 0.306. The molecular formula is C14H18ClNO. The van der Waals surface area contributed by atoms with Crippen LogP contribution in [0.25, 0.3) is 0 Å². The molecule has 2 nitrogen and oxygen atoms in total. The van der Waals surface area contributed by atoms with Crippen molar-refractivity contribution in [2.45, 2.75) is 26.7 Å². The van der Waals surface area contributed by atoms with Gasteiger partial charge in [-0.3, -0.25) is 4.79 Å². The van der Waals surface area contributed by atoms with Crippen LogP contribution in [0.1, 0.15) is 37.0 Å². The van der Waals surface area contributed by atoms with Crippen LogP contribution in [0.3, 0.4) is 0 Å². The number of hydrogen-bond donors (Lipinski definition) is 0. The summed E-state index contributed by atoms with van der Waals surface area (Å²) in [6.45, 7) is 6.52. The molecule has 0 saturated carbocycles. The van der Waals surface area contributed by atoms with E-state index in [1.165, 1.54) is 6.42 Å². The second kappa shape index (κ2) is 4.69. The minimum atomic E-state index is 0.306. The van der Waals surface area contributed by atoms with Crippen LogP contribution in [-0.4, -0.2) is 19.4 Å². The molecule has 17 heavy (non-hydrogen) atoms. The highest BCUT2D eigenvalue weighted by molar-refractivity contribution is 6.33. The molecular weight excluding hydrogens is 234 g/mol. The third-order valence-electron chi connectivity index (χ3n) is 3.39. The van der Waals surface area contributed by atoms with Gasteiger partial charge in [0.1, 0.15) is 0 Å². The number of carbonyl (C=O) groups excluding carboxylic acids is 1. The van der Waals surface area contributed by atoms with Gasteiger partial charge in [-0.05, 0) is 30.4 Å². The van der Waals surface area contributed by atoms with Crippen molar-refractivity contribution in [2.24, 2.45) is 5.41 Å². The number of rotatable bonds is 2. The van der Waals surface area contributed by atoms with Gasteiger partial charge < -0.3 is 4.90 Å². The van der Waals surface area contributed by atoms with Crippen LogP contribution in [0.15, 0.2) is 18.2 Å². The van der Waals surface area contributed by atoms with Crippen molar-refractivity contribution in [3.05, 3.63) is 28.8 Å². The van der Waals surface area contributed by atoms with Gasteiger partial charge >= 0.3 is 0 Å². The molecule has 0 spiro atoms. The summed E-state index contributed by atoms with van der Waals surface area (Å²) < 4.78 is 0. The van der Waals surface area contributed by atoms with E-state index >= 15 is 0 Å². The fourth-order valence-corrected chi connectivity index (χ4v) is 2.76. The lowest BCUT2D eigenvalue weighted by atomic mass is 9.84. The molecule has 1 aliphatic heterocycles. The maximum absolute atomic E-state index is 11.1. The molecule has 0 N–H and O–H groups in total. The molecule has 1 heterocycles. The largest absolute Gasteiger partial charge is 0.370 e. The van der Waals surface area contributed by atoms with Crippen LogP contribution < -0.4 is 4.90 Å². The first-order chi connectivity index (χ1) is 8.03. The van der Waals surface area contributed by atoms with Crippen molar-refractivity contribution >= 4 is 23.6 Å². The number of benzene rings is 1. The van der Waals surface area contributed by atoms with Gasteiger partial charge in [0.25, 0.3) is 0 Å². The van der Waals surface area contributed by atoms with Gasteiger partial charge in [0.15, 0.2) is 6.29 Å². The number of hydrogen-bond acceptors (Lipinski definition) is 2. The fourth-order valence-electron chi connectivity index (χ4n) is 2.55. The predicted octanol–water partition coefficient (Wildman–Crippen LogP) is 3.78. The normalized spacial score (nSPS) is 19.1. The van der Waals surface area contributed by atoms with E-state index in [4.69, 9.17) is 11.6 Å². The topological polar surface area (TPSA) is 20.3 Å². The third kappa shape index (κ3) is 2.63. The molecule has 0 unspecified atom stereocenters. The van der Waals surface area contributed by atoms with E-state index in [0.717, 1.165) is 31.5 Å². The number of nitrogens with zero attached hydrogens (tertiary/aromatic N) is 1. The highest BCUT2D eigenvalue weighted by Gasteiger charge is 2.27. The number of anilines is 1. The molecule has 1 aliphatic rings. The Morgan fingerprint density at radius 1 is 1.41 bits per heavy atom. The summed E-state index contributed by atoms with van der Waals surface area (Å²) in [5, 5.41) is 0.542. The Balaban J connectivity index is 2.34. The molecule has 2 rings (SSSR count). The summed E-state index contributed by atoms with van der Waals surface area (Å²) >= 11 is 6.06. The molecule has 0 atom stereocenters. The van der Waals surface area contributed by atoms with Crippen LogP contribution in [0, 0.1) is 5.41 Å². The van der Waals surface area contributed by atoms with Crippen molar-refractivity contribution in [3.8, 4) is 0 Å². The van der Waals surface area contributed by atoms with E-state index in [9.17, 15) is 4.79 Å². The van der Waals surface area contributed by atoms with Crippen molar-refractivity contribution in [1.82, 2.24) is 0 Å². The second-order valence-corrected chi connectivity index (χ2v) is 5.89. The molecule has 0 bridgehead atoms. The number of aldehydes is 1. The first-order valence-electron chi connectivity index (χ1n) is 6.02. The molecule has 0 aliphatic carbocycles. The second-order valence-electron chi connectivity index (χ2n) is 5.48. The lowest BCUT2D eigenvalue weighted by Crippen LogP contribution is -2.40. The van der Waals surface area contributed by atoms with E-state index in [1.807, 2.05) is 12.1 Å². The third-order valence-corrected chi connectivity index (χ3v) is 3.72. The summed E-state index contributed by atoms with van der Waals surface area (Å²) in [6, 6.07) is 5.66. The maximum atomic E-state index is 11.1. The molecule has 0 aromatic heterocycles. The van der Waals surface area contributed by atoms with Gasteiger partial charge in [-0.25, -0.2) is 0 Å². The van der Waals surface area contributed by atoms with Crippen molar-refractivity contribution in [3.63, 3.8) is 0 Å². The Morgan fingerprint density at radius 3 is 2.82 bits per heavy atom. The zero-order valence-corrected chi connectivity index (χ0v) is 11.1.